The van der Waals surface area contributed by atoms with Crippen molar-refractivity contribution in [3.63, 3.8) is 0 Å². The van der Waals surface area contributed by atoms with Crippen LogP contribution in [0.3, 0.4) is 0 Å². The first-order chi connectivity index (χ1) is 9.95. The van der Waals surface area contributed by atoms with Crippen molar-refractivity contribution in [2.24, 2.45) is 0 Å². The fourth-order valence-electron chi connectivity index (χ4n) is 1.51. The molecule has 21 heavy (non-hydrogen) atoms. The second-order valence-corrected chi connectivity index (χ2v) is 4.65. The summed E-state index contributed by atoms with van der Waals surface area (Å²) >= 11 is 5.84. The van der Waals surface area contributed by atoms with Gasteiger partial charge >= 0.3 is 5.97 Å². The van der Waals surface area contributed by atoms with E-state index in [1.54, 1.807) is 32.0 Å². The fourth-order valence-corrected chi connectivity index (χ4v) is 1.72. The summed E-state index contributed by atoms with van der Waals surface area (Å²) in [4.78, 5) is 34.7. The molecular weight excluding hydrogens is 296 g/mol. The molecule has 0 saturated heterocycles. The Morgan fingerprint density at radius 3 is 2.57 bits per heavy atom. The van der Waals surface area contributed by atoms with Crippen molar-refractivity contribution < 1.29 is 19.1 Å². The van der Waals surface area contributed by atoms with Crippen LogP contribution in [0.2, 0.25) is 5.02 Å². The Morgan fingerprint density at radius 2 is 1.95 bits per heavy atom. The molecule has 1 rings (SSSR count). The van der Waals surface area contributed by atoms with E-state index in [-0.39, 0.29) is 16.5 Å². The Bertz CT molecular complexity index is 533. The number of likely N-dealkylation sites (N-methyl/N-ethyl adjacent to an activating group) is 1. The van der Waals surface area contributed by atoms with E-state index in [1.807, 2.05) is 0 Å². The van der Waals surface area contributed by atoms with Crippen LogP contribution >= 0.6 is 11.6 Å². The largest absolute Gasteiger partial charge is 0.452 e. The lowest BCUT2D eigenvalue weighted by atomic mass is 10.2. The molecule has 2 amide bonds. The van der Waals surface area contributed by atoms with Gasteiger partial charge in [0.2, 0.25) is 5.91 Å². The molecule has 0 unspecified atom stereocenters. The van der Waals surface area contributed by atoms with E-state index in [1.165, 1.54) is 6.07 Å². The number of hydrogen-bond acceptors (Lipinski definition) is 4. The van der Waals surface area contributed by atoms with Gasteiger partial charge in [-0.05, 0) is 26.0 Å². The second-order valence-electron chi connectivity index (χ2n) is 4.24. The summed E-state index contributed by atoms with van der Waals surface area (Å²) in [5, 5.41) is 5.24. The first-order valence-corrected chi connectivity index (χ1v) is 6.82. The third-order valence-electron chi connectivity index (χ3n) is 2.55. The van der Waals surface area contributed by atoms with Gasteiger partial charge in [0.05, 0.1) is 10.6 Å². The van der Waals surface area contributed by atoms with Gasteiger partial charge in [-0.25, -0.2) is 4.79 Å². The van der Waals surface area contributed by atoms with E-state index in [4.69, 9.17) is 16.3 Å². The molecule has 0 aliphatic rings. The first-order valence-electron chi connectivity index (χ1n) is 6.44. The normalized spacial score (nSPS) is 11.4. The van der Waals surface area contributed by atoms with Crippen LogP contribution in [-0.4, -0.2) is 37.0 Å². The third-order valence-corrected chi connectivity index (χ3v) is 2.88. The summed E-state index contributed by atoms with van der Waals surface area (Å²) in [7, 11) is 0. The fraction of sp³-hybridized carbons (Fsp3) is 0.357. The molecular formula is C14H17ClN2O4. The Balaban J connectivity index is 2.45. The van der Waals surface area contributed by atoms with Gasteiger partial charge in [0.25, 0.3) is 5.91 Å². The quantitative estimate of drug-likeness (QED) is 0.771. The van der Waals surface area contributed by atoms with E-state index >= 15 is 0 Å². The summed E-state index contributed by atoms with van der Waals surface area (Å²) in [6, 6.07) is 5.67. The van der Waals surface area contributed by atoms with Gasteiger partial charge in [0, 0.05) is 6.54 Å². The standard InChI is InChI=1S/C14H17ClN2O4/c1-3-16-13(19)9(2)17-12(18)8-21-14(20)10-6-4-5-7-11(10)15/h4-7,9H,3,8H2,1-2H3,(H,16,19)(H,17,18)/t9-/m0/s1. The molecule has 1 atom stereocenters. The second kappa shape index (κ2) is 8.26. The average molecular weight is 313 g/mol. The molecule has 0 heterocycles. The maximum absolute atomic E-state index is 11.7. The molecule has 7 heteroatoms. The summed E-state index contributed by atoms with van der Waals surface area (Å²) in [5.41, 5.74) is 0.184. The summed E-state index contributed by atoms with van der Waals surface area (Å²) in [6.07, 6.45) is 0. The van der Waals surface area contributed by atoms with E-state index in [2.05, 4.69) is 10.6 Å². The molecule has 114 valence electrons. The van der Waals surface area contributed by atoms with Crippen molar-refractivity contribution in [3.8, 4) is 0 Å². The molecule has 0 radical (unpaired) electrons. The number of amides is 2. The number of esters is 1. The zero-order chi connectivity index (χ0) is 15.8. The van der Waals surface area contributed by atoms with Gasteiger partial charge in [-0.2, -0.15) is 0 Å². The highest BCUT2D eigenvalue weighted by Gasteiger charge is 2.17. The zero-order valence-electron chi connectivity index (χ0n) is 11.8. The number of ether oxygens (including phenoxy) is 1. The highest BCUT2D eigenvalue weighted by molar-refractivity contribution is 6.33. The van der Waals surface area contributed by atoms with Crippen molar-refractivity contribution in [2.45, 2.75) is 19.9 Å². The number of carbonyl (C=O) groups is 3. The van der Waals surface area contributed by atoms with E-state index in [0.29, 0.717) is 6.54 Å². The van der Waals surface area contributed by atoms with E-state index < -0.39 is 24.5 Å². The van der Waals surface area contributed by atoms with Crippen molar-refractivity contribution in [1.29, 1.82) is 0 Å². The molecule has 0 aliphatic heterocycles. The summed E-state index contributed by atoms with van der Waals surface area (Å²) < 4.78 is 4.84. The van der Waals surface area contributed by atoms with Gasteiger partial charge < -0.3 is 15.4 Å². The number of hydrogen-bond donors (Lipinski definition) is 2. The number of benzene rings is 1. The summed E-state index contributed by atoms with van der Waals surface area (Å²) in [6.45, 7) is 3.31. The van der Waals surface area contributed by atoms with Gasteiger partial charge in [-0.15, -0.1) is 0 Å². The van der Waals surface area contributed by atoms with Crippen LogP contribution in [0.1, 0.15) is 24.2 Å². The lowest BCUT2D eigenvalue weighted by molar-refractivity contribution is -0.130. The molecule has 0 spiro atoms. The minimum Gasteiger partial charge on any atom is -0.452 e. The Labute approximate surface area is 127 Å². The number of rotatable bonds is 6. The molecule has 0 bridgehead atoms. The average Bonchev–Trinajstić information content (AvgIpc) is 2.45. The van der Waals surface area contributed by atoms with Crippen LogP contribution in [0.4, 0.5) is 0 Å². The predicted octanol–water partition coefficient (Wildman–Crippen LogP) is 1.14. The van der Waals surface area contributed by atoms with Crippen molar-refractivity contribution in [2.75, 3.05) is 13.2 Å². The molecule has 6 nitrogen and oxygen atoms in total. The lowest BCUT2D eigenvalue weighted by Crippen LogP contribution is -2.46. The highest BCUT2D eigenvalue weighted by atomic mass is 35.5. The topological polar surface area (TPSA) is 84.5 Å². The van der Waals surface area contributed by atoms with Crippen molar-refractivity contribution in [3.05, 3.63) is 34.9 Å². The van der Waals surface area contributed by atoms with Gasteiger partial charge in [-0.1, -0.05) is 23.7 Å². The number of carbonyl (C=O) groups excluding carboxylic acids is 3. The maximum Gasteiger partial charge on any atom is 0.340 e. The minimum atomic E-state index is -0.698. The van der Waals surface area contributed by atoms with Crippen LogP contribution in [0.25, 0.3) is 0 Å². The van der Waals surface area contributed by atoms with E-state index in [9.17, 15) is 14.4 Å². The van der Waals surface area contributed by atoms with E-state index in [0.717, 1.165) is 0 Å². The monoisotopic (exact) mass is 312 g/mol. The molecule has 2 N–H and O–H groups in total. The van der Waals surface area contributed by atoms with Crippen molar-refractivity contribution in [1.82, 2.24) is 10.6 Å². The predicted molar refractivity (Wildman–Crippen MR) is 78.0 cm³/mol. The van der Waals surface area contributed by atoms with Gasteiger partial charge in [0.1, 0.15) is 6.04 Å². The first kappa shape index (κ1) is 17.0. The van der Waals surface area contributed by atoms with Gasteiger partial charge in [0.15, 0.2) is 6.61 Å². The third kappa shape index (κ3) is 5.43. The molecule has 0 saturated carbocycles. The minimum absolute atomic E-state index is 0.184. The Morgan fingerprint density at radius 1 is 1.29 bits per heavy atom. The van der Waals surface area contributed by atoms with Crippen molar-refractivity contribution >= 4 is 29.4 Å². The smallest absolute Gasteiger partial charge is 0.340 e. The molecule has 0 fully saturated rings. The Hall–Kier alpha value is -2.08. The molecule has 1 aromatic carbocycles. The molecule has 0 aliphatic carbocycles. The van der Waals surface area contributed by atoms with Gasteiger partial charge in [-0.3, -0.25) is 9.59 Å². The van der Waals surface area contributed by atoms with Crippen LogP contribution < -0.4 is 10.6 Å². The zero-order valence-corrected chi connectivity index (χ0v) is 12.6. The number of nitrogens with one attached hydrogen (secondary N) is 2. The Kier molecular flexibility index (Phi) is 6.68. The SMILES string of the molecule is CCNC(=O)[C@H](C)NC(=O)COC(=O)c1ccccc1Cl. The van der Waals surface area contributed by atoms with Crippen LogP contribution in [0.5, 0.6) is 0 Å². The van der Waals surface area contributed by atoms with Crippen LogP contribution in [-0.2, 0) is 14.3 Å². The number of halogens is 1. The molecule has 1 aromatic rings. The molecule has 0 aromatic heterocycles. The highest BCUT2D eigenvalue weighted by Crippen LogP contribution is 2.15. The maximum atomic E-state index is 11.7. The van der Waals surface area contributed by atoms with Crippen LogP contribution in [0.15, 0.2) is 24.3 Å². The summed E-state index contributed by atoms with van der Waals surface area (Å²) in [5.74, 6) is -1.56. The van der Waals surface area contributed by atoms with Crippen LogP contribution in [0, 0.1) is 0 Å². The lowest BCUT2D eigenvalue weighted by Gasteiger charge is -2.13.